The van der Waals surface area contributed by atoms with Crippen LogP contribution in [-0.4, -0.2) is 37.2 Å². The fourth-order valence-corrected chi connectivity index (χ4v) is 5.94. The normalized spacial score (nSPS) is 9.72. The average Bonchev–Trinajstić information content (AvgIpc) is 2.86. The van der Waals surface area contributed by atoms with Crippen LogP contribution in [0.5, 0.6) is 5.75 Å². The number of carboxylic acids is 1. The van der Waals surface area contributed by atoms with Crippen LogP contribution >= 0.6 is 7.92 Å². The van der Waals surface area contributed by atoms with E-state index in [0.717, 1.165) is 24.8 Å². The van der Waals surface area contributed by atoms with E-state index in [4.69, 9.17) is 14.6 Å². The molecule has 0 amide bonds. The summed E-state index contributed by atoms with van der Waals surface area (Å²) in [6.45, 7) is 1.98. The Hall–Kier alpha value is -2.80. The first-order valence-corrected chi connectivity index (χ1v) is 12.8. The molecule has 4 nitrogen and oxygen atoms in total. The zero-order chi connectivity index (χ0) is 25.5. The van der Waals surface area contributed by atoms with Gasteiger partial charge in [-0.15, -0.1) is 17.7 Å². The topological polar surface area (TPSA) is 49.8 Å². The maximum Gasteiger partial charge on any atom is 2.00 e. The summed E-state index contributed by atoms with van der Waals surface area (Å²) in [6, 6.07) is 41.4. The van der Waals surface area contributed by atoms with Gasteiger partial charge in [-0.2, -0.15) is 12.1 Å². The summed E-state index contributed by atoms with van der Waals surface area (Å²) in [5.74, 6) is 0.0607. The molecule has 0 radical (unpaired) electrons. The van der Waals surface area contributed by atoms with Gasteiger partial charge < -0.3 is 14.7 Å². The monoisotopic (exact) mass is 593 g/mol. The molecule has 4 rings (SSSR count). The number of ether oxygens (including phenoxy) is 1. The molecule has 0 unspecified atom stereocenters. The van der Waals surface area contributed by atoms with E-state index in [0.29, 0.717) is 0 Å². The number of carboxylic acid groups (broad SMARTS) is 1. The first kappa shape index (κ1) is 31.2. The van der Waals surface area contributed by atoms with Crippen LogP contribution in [0, 0.1) is 6.07 Å². The Morgan fingerprint density at radius 1 is 0.833 bits per heavy atom. The van der Waals surface area contributed by atoms with Crippen LogP contribution in [0.25, 0.3) is 0 Å². The minimum atomic E-state index is -0.877. The largest absolute Gasteiger partial charge is 2.00 e. The first-order chi connectivity index (χ1) is 16.9. The molecule has 0 saturated carbocycles. The van der Waals surface area contributed by atoms with Gasteiger partial charge in [0.05, 0.1) is 15.0 Å². The molecule has 0 aromatic heterocycles. The van der Waals surface area contributed by atoms with Crippen molar-refractivity contribution in [3.05, 3.63) is 121 Å². The van der Waals surface area contributed by atoms with Crippen molar-refractivity contribution in [2.45, 2.75) is 13.5 Å². The van der Waals surface area contributed by atoms with Crippen LogP contribution in [0.1, 0.15) is 12.5 Å². The molecule has 6 heteroatoms. The van der Waals surface area contributed by atoms with Gasteiger partial charge in [-0.3, -0.25) is 4.79 Å². The molecule has 0 aliphatic rings. The van der Waals surface area contributed by atoms with Gasteiger partial charge in [-0.25, -0.2) is 0 Å². The molecule has 0 bridgehead atoms. The van der Waals surface area contributed by atoms with E-state index in [1.165, 1.54) is 15.9 Å². The minimum absolute atomic E-state index is 0. The predicted octanol–water partition coefficient (Wildman–Crippen LogP) is 4.82. The van der Waals surface area contributed by atoms with Crippen molar-refractivity contribution in [3.8, 4) is 5.75 Å². The number of aliphatic carboxylic acids is 1. The molecule has 36 heavy (non-hydrogen) atoms. The second-order valence-corrected chi connectivity index (χ2v) is 10.5. The molecule has 0 heterocycles. The summed E-state index contributed by atoms with van der Waals surface area (Å²) in [5.41, 5.74) is 1.15. The molecule has 0 atom stereocenters. The van der Waals surface area contributed by atoms with Gasteiger partial charge in [0.2, 0.25) is 0 Å². The summed E-state index contributed by atoms with van der Waals surface area (Å²) in [4.78, 5) is 11.1. The molecular weight excluding hydrogens is 560 g/mol. The van der Waals surface area contributed by atoms with Crippen LogP contribution < -0.4 is 20.7 Å². The zero-order valence-corrected chi connectivity index (χ0v) is 23.7. The molecule has 190 valence electrons. The Labute approximate surface area is 230 Å². The van der Waals surface area contributed by atoms with E-state index in [1.54, 1.807) is 7.11 Å². The minimum Gasteiger partial charge on any atom is -0.522 e. The third-order valence-corrected chi connectivity index (χ3v) is 7.47. The fourth-order valence-electron chi connectivity index (χ4n) is 3.37. The SMILES string of the molecule is CC(=O)O.COc1cc[c-]c(CN(C)C)c1.[Pd+2].c1ccc([PH+](c2ccccc2)c2ccccc2)cc1. The van der Waals surface area contributed by atoms with Crippen LogP contribution in [0.3, 0.4) is 0 Å². The molecule has 0 fully saturated rings. The molecular formula is C30H34NO3PPd+2. The predicted molar refractivity (Wildman–Crippen MR) is 149 cm³/mol. The molecule has 0 aliphatic heterocycles. The van der Waals surface area contributed by atoms with Gasteiger partial charge in [0.15, 0.2) is 0 Å². The molecule has 0 aliphatic carbocycles. The Morgan fingerprint density at radius 2 is 1.22 bits per heavy atom. The smallest absolute Gasteiger partial charge is 0.522 e. The molecule has 4 aromatic rings. The van der Waals surface area contributed by atoms with Gasteiger partial charge in [-0.05, 0) is 50.5 Å². The van der Waals surface area contributed by atoms with Crippen molar-refractivity contribution >= 4 is 29.8 Å². The van der Waals surface area contributed by atoms with E-state index >= 15 is 0 Å². The molecule has 1 N–H and O–H groups in total. The van der Waals surface area contributed by atoms with E-state index in [9.17, 15) is 0 Å². The van der Waals surface area contributed by atoms with Crippen LogP contribution in [0.2, 0.25) is 0 Å². The van der Waals surface area contributed by atoms with Crippen LogP contribution in [0.4, 0.5) is 0 Å². The Balaban J connectivity index is 0.000000329. The van der Waals surface area contributed by atoms with E-state index in [-0.39, 0.29) is 20.4 Å². The fraction of sp³-hybridized carbons (Fsp3) is 0.167. The number of rotatable bonds is 6. The van der Waals surface area contributed by atoms with Crippen LogP contribution in [0.15, 0.2) is 109 Å². The second-order valence-electron chi connectivity index (χ2n) is 7.98. The van der Waals surface area contributed by atoms with Gasteiger partial charge in [0.25, 0.3) is 5.97 Å². The van der Waals surface area contributed by atoms with Crippen molar-refractivity contribution in [1.82, 2.24) is 4.90 Å². The third-order valence-electron chi connectivity index (χ3n) is 4.74. The Kier molecular flexibility index (Phi) is 15.3. The zero-order valence-electron chi connectivity index (χ0n) is 21.1. The van der Waals surface area contributed by atoms with E-state index in [1.807, 2.05) is 32.3 Å². The molecule has 0 spiro atoms. The molecule has 0 saturated heterocycles. The number of hydrogen-bond acceptors (Lipinski definition) is 3. The summed E-state index contributed by atoms with van der Waals surface area (Å²) in [5, 5.41) is 11.7. The average molecular weight is 594 g/mol. The molecule has 4 aromatic carbocycles. The number of methoxy groups -OCH3 is 1. The Morgan fingerprint density at radius 3 is 1.56 bits per heavy atom. The van der Waals surface area contributed by atoms with Gasteiger partial charge in [0.1, 0.15) is 15.9 Å². The number of hydrogen-bond donors (Lipinski definition) is 1. The van der Waals surface area contributed by atoms with Crippen molar-refractivity contribution in [1.29, 1.82) is 0 Å². The summed E-state index contributed by atoms with van der Waals surface area (Å²) in [6.07, 6.45) is 0. The van der Waals surface area contributed by atoms with Crippen molar-refractivity contribution in [2.75, 3.05) is 21.2 Å². The van der Waals surface area contributed by atoms with Gasteiger partial charge in [0, 0.05) is 19.2 Å². The summed E-state index contributed by atoms with van der Waals surface area (Å²) >= 11 is 0. The van der Waals surface area contributed by atoms with Crippen LogP contribution in [-0.2, 0) is 31.8 Å². The first-order valence-electron chi connectivity index (χ1n) is 11.3. The van der Waals surface area contributed by atoms with Gasteiger partial charge in [-0.1, -0.05) is 54.6 Å². The van der Waals surface area contributed by atoms with Crippen molar-refractivity contribution < 1.29 is 35.1 Å². The quantitative estimate of drug-likeness (QED) is 0.198. The summed E-state index contributed by atoms with van der Waals surface area (Å²) < 4.78 is 5.10. The number of nitrogens with zero attached hydrogens (tertiary/aromatic N) is 1. The van der Waals surface area contributed by atoms with E-state index in [2.05, 4.69) is 102 Å². The number of carbonyl (C=O) groups is 1. The van der Waals surface area contributed by atoms with Gasteiger partial charge >= 0.3 is 20.4 Å². The van der Waals surface area contributed by atoms with Crippen molar-refractivity contribution in [2.24, 2.45) is 0 Å². The maximum atomic E-state index is 9.00. The van der Waals surface area contributed by atoms with E-state index < -0.39 is 13.9 Å². The third kappa shape index (κ3) is 11.8. The number of benzene rings is 4. The maximum absolute atomic E-state index is 9.00. The van der Waals surface area contributed by atoms with Crippen molar-refractivity contribution in [3.63, 3.8) is 0 Å². The standard InChI is InChI=1S/C18H15P.C10H14NO.C2H4O2.Pd/c1-4-10-16(11-5-1)19(17-12-6-2-7-13-17)18-14-8-3-9-15-18;1-11(2)8-9-5-4-6-10(7-9)12-3;1-2(3)4;/h1-15H;4,6-7H,8H2,1-3H3;1H3,(H,3,4);/q;-1;;+2/p+1. The summed E-state index contributed by atoms with van der Waals surface area (Å²) in [7, 11) is 4.87. The Bertz CT molecular complexity index is 1030. The second kappa shape index (κ2) is 17.6.